The van der Waals surface area contributed by atoms with E-state index in [0.717, 1.165) is 19.3 Å². The quantitative estimate of drug-likeness (QED) is 0.175. The number of hydrogen-bond acceptors (Lipinski definition) is 7. The molecule has 1 amide bonds. The molecule has 35 heavy (non-hydrogen) atoms. The summed E-state index contributed by atoms with van der Waals surface area (Å²) in [6, 6.07) is 13.4. The average Bonchev–Trinajstić information content (AvgIpc) is 2.88. The summed E-state index contributed by atoms with van der Waals surface area (Å²) in [6.07, 6.45) is 5.89. The van der Waals surface area contributed by atoms with Crippen LogP contribution in [-0.2, 0) is 14.3 Å². The molecule has 8 nitrogen and oxygen atoms in total. The van der Waals surface area contributed by atoms with E-state index >= 15 is 0 Å². The van der Waals surface area contributed by atoms with Gasteiger partial charge in [-0.05, 0) is 54.5 Å². The number of rotatable bonds is 14. The zero-order valence-electron chi connectivity index (χ0n) is 20.5. The van der Waals surface area contributed by atoms with Crippen LogP contribution in [0.4, 0.5) is 5.69 Å². The lowest BCUT2D eigenvalue weighted by atomic mass is 10.1. The van der Waals surface area contributed by atoms with Gasteiger partial charge in [-0.15, -0.1) is 0 Å². The van der Waals surface area contributed by atoms with Gasteiger partial charge in [0.15, 0.2) is 11.5 Å². The zero-order valence-corrected chi connectivity index (χ0v) is 20.5. The molecule has 0 spiro atoms. The Morgan fingerprint density at radius 1 is 0.971 bits per heavy atom. The number of hydrogen-bond donors (Lipinski definition) is 1. The van der Waals surface area contributed by atoms with Gasteiger partial charge in [-0.3, -0.25) is 4.79 Å². The van der Waals surface area contributed by atoms with Crippen LogP contribution in [0.3, 0.4) is 0 Å². The monoisotopic (exact) mass is 480 g/mol. The highest BCUT2D eigenvalue weighted by molar-refractivity contribution is 6.09. The number of benzene rings is 2. The molecule has 2 aromatic carbocycles. The summed E-state index contributed by atoms with van der Waals surface area (Å²) < 4.78 is 21.1. The molecule has 1 N–H and O–H groups in total. The van der Waals surface area contributed by atoms with Crippen molar-refractivity contribution in [1.82, 2.24) is 0 Å². The predicted molar refractivity (Wildman–Crippen MR) is 133 cm³/mol. The molecule has 0 aromatic heterocycles. The van der Waals surface area contributed by atoms with Crippen molar-refractivity contribution in [1.29, 1.82) is 5.26 Å². The van der Waals surface area contributed by atoms with Crippen LogP contribution in [0, 0.1) is 11.3 Å². The van der Waals surface area contributed by atoms with E-state index in [2.05, 4.69) is 12.2 Å². The van der Waals surface area contributed by atoms with Gasteiger partial charge in [-0.2, -0.15) is 5.26 Å². The second-order valence-corrected chi connectivity index (χ2v) is 7.65. The lowest BCUT2D eigenvalue weighted by Gasteiger charge is -2.11. The van der Waals surface area contributed by atoms with E-state index in [1.54, 1.807) is 37.4 Å². The zero-order chi connectivity index (χ0) is 25.5. The van der Waals surface area contributed by atoms with Crippen molar-refractivity contribution >= 4 is 23.6 Å². The van der Waals surface area contributed by atoms with Crippen LogP contribution in [0.5, 0.6) is 11.5 Å². The van der Waals surface area contributed by atoms with E-state index in [9.17, 15) is 14.9 Å². The number of nitrogens with one attached hydrogen (secondary N) is 1. The Morgan fingerprint density at radius 2 is 1.74 bits per heavy atom. The summed E-state index contributed by atoms with van der Waals surface area (Å²) in [5.41, 5.74) is 1.33. The summed E-state index contributed by atoms with van der Waals surface area (Å²) >= 11 is 0. The molecule has 0 aliphatic carbocycles. The first-order valence-corrected chi connectivity index (χ1v) is 11.5. The third-order valence-electron chi connectivity index (χ3n) is 5.02. The third kappa shape index (κ3) is 9.14. The van der Waals surface area contributed by atoms with Crippen molar-refractivity contribution in [2.45, 2.75) is 32.6 Å². The predicted octanol–water partition coefficient (Wildman–Crippen LogP) is 5.00. The molecule has 2 aromatic rings. The molecule has 0 atom stereocenters. The molecular weight excluding hydrogens is 448 g/mol. The Balaban J connectivity index is 2.03. The van der Waals surface area contributed by atoms with Gasteiger partial charge in [0, 0.05) is 12.8 Å². The lowest BCUT2D eigenvalue weighted by molar-refractivity contribution is -0.112. The molecule has 0 bridgehead atoms. The van der Waals surface area contributed by atoms with Crippen LogP contribution in [0.25, 0.3) is 6.08 Å². The normalized spacial score (nSPS) is 10.9. The third-order valence-corrected chi connectivity index (χ3v) is 5.02. The van der Waals surface area contributed by atoms with Crippen LogP contribution >= 0.6 is 0 Å². The summed E-state index contributed by atoms with van der Waals surface area (Å²) in [6.45, 7) is 3.22. The standard InChI is InChI=1S/C27H32N2O6/c1-4-5-6-7-14-34-24-13-8-20(18-25(24)33-3)17-22(19-28)26(30)29-23-11-9-21(10-12-23)27(31)35-16-15-32-2/h8-13,17-18H,4-7,14-16H2,1-3H3,(H,29,30)/b22-17+. The molecule has 0 radical (unpaired) electrons. The molecular formula is C27H32N2O6. The van der Waals surface area contributed by atoms with E-state index in [1.165, 1.54) is 31.7 Å². The first-order valence-electron chi connectivity index (χ1n) is 11.5. The minimum Gasteiger partial charge on any atom is -0.493 e. The Labute approximate surface area is 206 Å². The van der Waals surface area contributed by atoms with Gasteiger partial charge in [-0.1, -0.05) is 32.3 Å². The highest BCUT2D eigenvalue weighted by Crippen LogP contribution is 2.29. The van der Waals surface area contributed by atoms with E-state index in [4.69, 9.17) is 18.9 Å². The fraction of sp³-hybridized carbons (Fsp3) is 0.370. The molecule has 0 aliphatic rings. The fourth-order valence-corrected chi connectivity index (χ4v) is 3.11. The number of carbonyl (C=O) groups excluding carboxylic acids is 2. The summed E-state index contributed by atoms with van der Waals surface area (Å²) in [5.74, 6) is 0.0860. The van der Waals surface area contributed by atoms with Gasteiger partial charge in [0.05, 0.1) is 25.9 Å². The van der Waals surface area contributed by atoms with Gasteiger partial charge in [0.2, 0.25) is 0 Å². The molecule has 186 valence electrons. The molecule has 0 unspecified atom stereocenters. The van der Waals surface area contributed by atoms with Crippen molar-refractivity contribution in [3.05, 3.63) is 59.2 Å². The minimum absolute atomic E-state index is 0.0802. The van der Waals surface area contributed by atoms with Crippen LogP contribution in [0.15, 0.2) is 48.0 Å². The number of carbonyl (C=O) groups is 2. The van der Waals surface area contributed by atoms with Crippen LogP contribution in [0.2, 0.25) is 0 Å². The highest BCUT2D eigenvalue weighted by Gasteiger charge is 2.12. The lowest BCUT2D eigenvalue weighted by Crippen LogP contribution is -2.14. The number of esters is 1. The SMILES string of the molecule is CCCCCCOc1ccc(/C=C(\C#N)C(=O)Nc2ccc(C(=O)OCCOC)cc2)cc1OC. The maximum Gasteiger partial charge on any atom is 0.338 e. The number of ether oxygens (including phenoxy) is 4. The van der Waals surface area contributed by atoms with Crippen molar-refractivity contribution < 1.29 is 28.5 Å². The Hall–Kier alpha value is -3.83. The first-order chi connectivity index (χ1) is 17.0. The van der Waals surface area contributed by atoms with Crippen molar-refractivity contribution in [2.75, 3.05) is 39.4 Å². The minimum atomic E-state index is -0.571. The van der Waals surface area contributed by atoms with Gasteiger partial charge in [0.25, 0.3) is 5.91 Å². The van der Waals surface area contributed by atoms with Crippen LogP contribution < -0.4 is 14.8 Å². The molecule has 0 heterocycles. The second-order valence-electron chi connectivity index (χ2n) is 7.65. The average molecular weight is 481 g/mol. The topological polar surface area (TPSA) is 107 Å². The summed E-state index contributed by atoms with van der Waals surface area (Å²) in [5, 5.41) is 12.2. The van der Waals surface area contributed by atoms with Gasteiger partial charge >= 0.3 is 5.97 Å². The maximum absolute atomic E-state index is 12.6. The maximum atomic E-state index is 12.6. The Kier molecular flexibility index (Phi) is 11.9. The van der Waals surface area contributed by atoms with Crippen LogP contribution in [-0.4, -0.2) is 45.9 Å². The smallest absolute Gasteiger partial charge is 0.338 e. The number of nitrogens with zero attached hydrogens (tertiary/aromatic N) is 1. The summed E-state index contributed by atoms with van der Waals surface area (Å²) in [7, 11) is 3.06. The molecule has 0 saturated heterocycles. The number of anilines is 1. The van der Waals surface area contributed by atoms with E-state index in [1.807, 2.05) is 6.07 Å². The number of unbranched alkanes of at least 4 members (excludes halogenated alkanes) is 3. The molecule has 0 saturated carbocycles. The molecule has 8 heteroatoms. The second kappa shape index (κ2) is 15.1. The van der Waals surface area contributed by atoms with Crippen molar-refractivity contribution in [2.24, 2.45) is 0 Å². The van der Waals surface area contributed by atoms with E-state index < -0.39 is 11.9 Å². The van der Waals surface area contributed by atoms with Gasteiger partial charge < -0.3 is 24.3 Å². The van der Waals surface area contributed by atoms with E-state index in [-0.39, 0.29) is 12.2 Å². The summed E-state index contributed by atoms with van der Waals surface area (Å²) in [4.78, 5) is 24.6. The first kappa shape index (κ1) is 27.4. The number of methoxy groups -OCH3 is 2. The van der Waals surface area contributed by atoms with Crippen molar-refractivity contribution in [3.8, 4) is 17.6 Å². The highest BCUT2D eigenvalue weighted by atomic mass is 16.6. The molecule has 0 fully saturated rings. The largest absolute Gasteiger partial charge is 0.493 e. The van der Waals surface area contributed by atoms with Crippen molar-refractivity contribution in [3.63, 3.8) is 0 Å². The van der Waals surface area contributed by atoms with E-state index in [0.29, 0.717) is 41.5 Å². The van der Waals surface area contributed by atoms with Crippen LogP contribution in [0.1, 0.15) is 48.5 Å². The Morgan fingerprint density at radius 3 is 2.40 bits per heavy atom. The molecule has 0 aliphatic heterocycles. The van der Waals surface area contributed by atoms with Gasteiger partial charge in [0.1, 0.15) is 18.2 Å². The molecule has 2 rings (SSSR count). The Bertz CT molecular complexity index is 1040. The number of amides is 1. The van der Waals surface area contributed by atoms with Gasteiger partial charge in [-0.25, -0.2) is 4.79 Å². The number of nitriles is 1. The fourth-order valence-electron chi connectivity index (χ4n) is 3.11.